The summed E-state index contributed by atoms with van der Waals surface area (Å²) in [5, 5.41) is 0.664. The Labute approximate surface area is 115 Å². The molecule has 20 heavy (non-hydrogen) atoms. The second-order valence-corrected chi connectivity index (χ2v) is 4.59. The maximum absolute atomic E-state index is 13.3. The van der Waals surface area contributed by atoms with E-state index in [0.717, 1.165) is 0 Å². The molecule has 3 rings (SSSR count). The van der Waals surface area contributed by atoms with Crippen molar-refractivity contribution in [3.05, 3.63) is 71.2 Å². The molecule has 1 heterocycles. The first-order valence-electron chi connectivity index (χ1n) is 6.51. The van der Waals surface area contributed by atoms with Crippen LogP contribution in [0.4, 0.5) is 4.39 Å². The number of carbonyl (C=O) groups excluding carboxylic acids is 1. The van der Waals surface area contributed by atoms with Crippen LogP contribution in [0.1, 0.15) is 28.6 Å². The van der Waals surface area contributed by atoms with E-state index < -0.39 is 0 Å². The normalized spacial score (nSPS) is 10.9. The van der Waals surface area contributed by atoms with Gasteiger partial charge in [-0.25, -0.2) is 4.39 Å². The van der Waals surface area contributed by atoms with Crippen molar-refractivity contribution in [3.8, 4) is 0 Å². The van der Waals surface area contributed by atoms with Gasteiger partial charge in [-0.2, -0.15) is 0 Å². The van der Waals surface area contributed by atoms with Crippen molar-refractivity contribution < 1.29 is 13.6 Å². The van der Waals surface area contributed by atoms with Crippen molar-refractivity contribution >= 4 is 16.8 Å². The largest absolute Gasteiger partial charge is 0.460 e. The molecule has 2 aromatic carbocycles. The molecule has 3 heteroatoms. The highest BCUT2D eigenvalue weighted by Crippen LogP contribution is 2.29. The molecular formula is C17H13FO2. The van der Waals surface area contributed by atoms with Gasteiger partial charge < -0.3 is 4.42 Å². The van der Waals surface area contributed by atoms with E-state index in [1.165, 1.54) is 12.1 Å². The Balaban J connectivity index is 2.22. The zero-order valence-corrected chi connectivity index (χ0v) is 11.0. The van der Waals surface area contributed by atoms with Crippen LogP contribution in [0, 0.1) is 5.82 Å². The zero-order valence-electron chi connectivity index (χ0n) is 11.0. The topological polar surface area (TPSA) is 30.2 Å². The van der Waals surface area contributed by atoms with Gasteiger partial charge in [0.25, 0.3) is 0 Å². The molecular weight excluding hydrogens is 255 g/mol. The Hall–Kier alpha value is -2.42. The minimum Gasteiger partial charge on any atom is -0.460 e. The first-order valence-corrected chi connectivity index (χ1v) is 6.51. The van der Waals surface area contributed by atoms with Crippen LogP contribution in [0.2, 0.25) is 0 Å². The highest BCUT2D eigenvalue weighted by molar-refractivity contribution is 6.16. The molecule has 0 radical (unpaired) electrons. The summed E-state index contributed by atoms with van der Waals surface area (Å²) < 4.78 is 18.9. The molecule has 0 amide bonds. The monoisotopic (exact) mass is 268 g/mol. The molecule has 1 aromatic heterocycles. The summed E-state index contributed by atoms with van der Waals surface area (Å²) in [5.41, 5.74) is 1.56. The number of hydrogen-bond donors (Lipinski definition) is 0. The molecule has 0 bridgehead atoms. The first kappa shape index (κ1) is 12.6. The fourth-order valence-corrected chi connectivity index (χ4v) is 2.35. The Morgan fingerprint density at radius 2 is 1.90 bits per heavy atom. The van der Waals surface area contributed by atoms with Gasteiger partial charge in [-0.05, 0) is 12.1 Å². The molecule has 0 atom stereocenters. The van der Waals surface area contributed by atoms with Crippen LogP contribution in [-0.2, 0) is 6.42 Å². The van der Waals surface area contributed by atoms with E-state index in [1.54, 1.807) is 18.2 Å². The fraction of sp³-hybridized carbons (Fsp3) is 0.118. The Bertz CT molecular complexity index is 772. The summed E-state index contributed by atoms with van der Waals surface area (Å²) >= 11 is 0. The van der Waals surface area contributed by atoms with Gasteiger partial charge in [-0.15, -0.1) is 0 Å². The third-order valence-electron chi connectivity index (χ3n) is 3.31. The van der Waals surface area contributed by atoms with Crippen molar-refractivity contribution in [1.82, 2.24) is 0 Å². The van der Waals surface area contributed by atoms with E-state index in [4.69, 9.17) is 4.42 Å². The summed E-state index contributed by atoms with van der Waals surface area (Å²) in [7, 11) is 0. The van der Waals surface area contributed by atoms with Gasteiger partial charge in [0, 0.05) is 23.4 Å². The lowest BCUT2D eigenvalue weighted by Crippen LogP contribution is -2.03. The molecule has 3 aromatic rings. The third-order valence-corrected chi connectivity index (χ3v) is 3.31. The highest BCUT2D eigenvalue weighted by atomic mass is 19.1. The van der Waals surface area contributed by atoms with E-state index in [-0.39, 0.29) is 11.6 Å². The third kappa shape index (κ3) is 2.01. The summed E-state index contributed by atoms with van der Waals surface area (Å²) in [6.07, 6.45) is 0.588. The van der Waals surface area contributed by atoms with Crippen molar-refractivity contribution in [1.29, 1.82) is 0 Å². The number of rotatable bonds is 3. The van der Waals surface area contributed by atoms with E-state index in [0.29, 0.717) is 34.3 Å². The van der Waals surface area contributed by atoms with E-state index in [9.17, 15) is 9.18 Å². The molecule has 0 aliphatic heterocycles. The van der Waals surface area contributed by atoms with Crippen molar-refractivity contribution in [3.63, 3.8) is 0 Å². The van der Waals surface area contributed by atoms with Crippen LogP contribution in [0.5, 0.6) is 0 Å². The van der Waals surface area contributed by atoms with Gasteiger partial charge >= 0.3 is 0 Å². The summed E-state index contributed by atoms with van der Waals surface area (Å²) in [4.78, 5) is 12.6. The standard InChI is InChI=1S/C17H13FO2/c1-2-14-16(17(19)11-6-4-3-5-7-11)13-9-8-12(18)10-15(13)20-14/h3-10H,2H2,1H3. The molecule has 0 aliphatic carbocycles. The Morgan fingerprint density at radius 3 is 2.60 bits per heavy atom. The van der Waals surface area contributed by atoms with Crippen molar-refractivity contribution in [2.45, 2.75) is 13.3 Å². The predicted octanol–water partition coefficient (Wildman–Crippen LogP) is 4.37. The number of halogens is 1. The first-order chi connectivity index (χ1) is 9.70. The van der Waals surface area contributed by atoms with E-state index in [2.05, 4.69) is 0 Å². The maximum atomic E-state index is 13.3. The van der Waals surface area contributed by atoms with Crippen LogP contribution in [0.15, 0.2) is 52.9 Å². The van der Waals surface area contributed by atoms with Gasteiger partial charge in [0.1, 0.15) is 17.2 Å². The molecule has 0 saturated heterocycles. The lowest BCUT2D eigenvalue weighted by Gasteiger charge is -2.01. The summed E-state index contributed by atoms with van der Waals surface area (Å²) in [5.74, 6) is 0.139. The van der Waals surface area contributed by atoms with E-state index >= 15 is 0 Å². The zero-order chi connectivity index (χ0) is 14.1. The molecule has 0 unspecified atom stereocenters. The van der Waals surface area contributed by atoms with Crippen LogP contribution < -0.4 is 0 Å². The van der Waals surface area contributed by atoms with Crippen LogP contribution in [0.25, 0.3) is 11.0 Å². The number of hydrogen-bond acceptors (Lipinski definition) is 2. The van der Waals surface area contributed by atoms with Gasteiger partial charge in [-0.3, -0.25) is 4.79 Å². The number of ketones is 1. The molecule has 100 valence electrons. The molecule has 0 fully saturated rings. The van der Waals surface area contributed by atoms with Gasteiger partial charge in [0.15, 0.2) is 5.78 Å². The quantitative estimate of drug-likeness (QED) is 0.660. The molecule has 0 N–H and O–H groups in total. The SMILES string of the molecule is CCc1oc2cc(F)ccc2c1C(=O)c1ccccc1. The van der Waals surface area contributed by atoms with Gasteiger partial charge in [0.05, 0.1) is 5.56 Å². The van der Waals surface area contributed by atoms with E-state index in [1.807, 2.05) is 25.1 Å². The molecule has 0 aliphatic rings. The number of fused-ring (bicyclic) bond motifs is 1. The maximum Gasteiger partial charge on any atom is 0.197 e. The van der Waals surface area contributed by atoms with Crippen molar-refractivity contribution in [2.24, 2.45) is 0 Å². The molecule has 2 nitrogen and oxygen atoms in total. The predicted molar refractivity (Wildman–Crippen MR) is 75.4 cm³/mol. The second-order valence-electron chi connectivity index (χ2n) is 4.59. The minimum absolute atomic E-state index is 0.0900. The smallest absolute Gasteiger partial charge is 0.197 e. The van der Waals surface area contributed by atoms with Gasteiger partial charge in [0.2, 0.25) is 0 Å². The minimum atomic E-state index is -0.368. The molecule has 0 saturated carbocycles. The summed E-state index contributed by atoms with van der Waals surface area (Å²) in [6.45, 7) is 1.91. The Kier molecular flexibility index (Phi) is 3.11. The number of benzene rings is 2. The lowest BCUT2D eigenvalue weighted by molar-refractivity contribution is 0.103. The van der Waals surface area contributed by atoms with Crippen LogP contribution >= 0.6 is 0 Å². The van der Waals surface area contributed by atoms with Crippen molar-refractivity contribution in [2.75, 3.05) is 0 Å². The number of aryl methyl sites for hydroxylation is 1. The lowest BCUT2D eigenvalue weighted by atomic mass is 9.99. The summed E-state index contributed by atoms with van der Waals surface area (Å²) in [6, 6.07) is 13.3. The number of carbonyl (C=O) groups is 1. The second kappa shape index (κ2) is 4.93. The fourth-order valence-electron chi connectivity index (χ4n) is 2.35. The van der Waals surface area contributed by atoms with Crippen LogP contribution in [-0.4, -0.2) is 5.78 Å². The Morgan fingerprint density at radius 1 is 1.15 bits per heavy atom. The van der Waals surface area contributed by atoms with Gasteiger partial charge in [-0.1, -0.05) is 37.3 Å². The highest BCUT2D eigenvalue weighted by Gasteiger charge is 2.21. The average Bonchev–Trinajstić information content (AvgIpc) is 2.84. The molecule has 0 spiro atoms. The average molecular weight is 268 g/mol. The van der Waals surface area contributed by atoms with Crippen LogP contribution in [0.3, 0.4) is 0 Å². The number of furan rings is 1.